The average molecular weight is 247 g/mol. The molecule has 0 aliphatic carbocycles. The first kappa shape index (κ1) is 10.4. The van der Waals surface area contributed by atoms with E-state index in [4.69, 9.17) is 16.3 Å². The molecule has 0 saturated heterocycles. The first-order valence-electron chi connectivity index (χ1n) is 5.29. The van der Waals surface area contributed by atoms with Crippen molar-refractivity contribution in [2.45, 2.75) is 0 Å². The Morgan fingerprint density at radius 2 is 2.06 bits per heavy atom. The molecule has 0 aliphatic heterocycles. The van der Waals surface area contributed by atoms with Crippen molar-refractivity contribution in [2.75, 3.05) is 7.11 Å². The van der Waals surface area contributed by atoms with Gasteiger partial charge in [-0.05, 0) is 18.2 Å². The molecule has 0 amide bonds. The van der Waals surface area contributed by atoms with Gasteiger partial charge in [0.1, 0.15) is 5.75 Å². The number of benzene rings is 1. The number of methoxy groups -OCH3 is 1. The Hall–Kier alpha value is -1.74. The van der Waals surface area contributed by atoms with Gasteiger partial charge in [0.05, 0.1) is 18.1 Å². The number of aromatic nitrogens is 2. The lowest BCUT2D eigenvalue weighted by Gasteiger charge is -2.01. The highest BCUT2D eigenvalue weighted by molar-refractivity contribution is 6.35. The van der Waals surface area contributed by atoms with E-state index in [2.05, 4.69) is 4.98 Å². The van der Waals surface area contributed by atoms with Gasteiger partial charge in [0, 0.05) is 30.1 Å². The third kappa shape index (κ3) is 1.39. The molecule has 2 heterocycles. The molecule has 1 aromatic carbocycles. The Bertz CT molecular complexity index is 718. The maximum atomic E-state index is 6.14. The molecule has 0 fully saturated rings. The fourth-order valence-electron chi connectivity index (χ4n) is 2.23. The number of rotatable bonds is 1. The average Bonchev–Trinajstić information content (AvgIpc) is 2.64. The monoisotopic (exact) mass is 246 g/mol. The lowest BCUT2D eigenvalue weighted by Crippen LogP contribution is -1.89. The summed E-state index contributed by atoms with van der Waals surface area (Å²) in [5.74, 6) is 0.840. The van der Waals surface area contributed by atoms with E-state index >= 15 is 0 Å². The van der Waals surface area contributed by atoms with Crippen molar-refractivity contribution in [1.82, 2.24) is 9.55 Å². The lowest BCUT2D eigenvalue weighted by molar-refractivity contribution is 0.415. The Morgan fingerprint density at radius 3 is 2.82 bits per heavy atom. The van der Waals surface area contributed by atoms with Crippen LogP contribution < -0.4 is 4.74 Å². The zero-order valence-electron chi connectivity index (χ0n) is 9.57. The molecule has 2 aromatic heterocycles. The standard InChI is InChI=1S/C13H11ClN2O/c1-16-11-7-8(17-2)3-4-9(11)10-5-6-15-13(14)12(10)16/h3-7H,1-2H3. The molecular formula is C13H11ClN2O. The lowest BCUT2D eigenvalue weighted by atomic mass is 10.2. The summed E-state index contributed by atoms with van der Waals surface area (Å²) in [5.41, 5.74) is 2.05. The van der Waals surface area contributed by atoms with E-state index in [1.165, 1.54) is 0 Å². The summed E-state index contributed by atoms with van der Waals surface area (Å²) in [6.45, 7) is 0. The number of ether oxygens (including phenoxy) is 1. The molecule has 3 nitrogen and oxygen atoms in total. The van der Waals surface area contributed by atoms with Gasteiger partial charge in [-0.1, -0.05) is 11.6 Å². The van der Waals surface area contributed by atoms with Crippen LogP contribution in [0.4, 0.5) is 0 Å². The van der Waals surface area contributed by atoms with Gasteiger partial charge in [-0.25, -0.2) is 4.98 Å². The summed E-state index contributed by atoms with van der Waals surface area (Å²) < 4.78 is 7.29. The third-order valence-electron chi connectivity index (χ3n) is 3.07. The van der Waals surface area contributed by atoms with Crippen LogP contribution in [0.5, 0.6) is 5.75 Å². The van der Waals surface area contributed by atoms with E-state index in [1.54, 1.807) is 13.3 Å². The smallest absolute Gasteiger partial charge is 0.153 e. The van der Waals surface area contributed by atoms with E-state index in [0.29, 0.717) is 5.15 Å². The minimum Gasteiger partial charge on any atom is -0.497 e. The first-order chi connectivity index (χ1) is 8.22. The molecule has 0 bridgehead atoms. The van der Waals surface area contributed by atoms with Crippen LogP contribution >= 0.6 is 11.6 Å². The van der Waals surface area contributed by atoms with E-state index in [0.717, 1.165) is 27.6 Å². The van der Waals surface area contributed by atoms with Crippen molar-refractivity contribution >= 4 is 33.4 Å². The maximum absolute atomic E-state index is 6.14. The Morgan fingerprint density at radius 1 is 1.24 bits per heavy atom. The summed E-state index contributed by atoms with van der Waals surface area (Å²) in [4.78, 5) is 4.12. The number of fused-ring (bicyclic) bond motifs is 3. The van der Waals surface area contributed by atoms with E-state index in [-0.39, 0.29) is 0 Å². The second-order valence-electron chi connectivity index (χ2n) is 3.94. The molecular weight excluding hydrogens is 236 g/mol. The summed E-state index contributed by atoms with van der Waals surface area (Å²) in [6, 6.07) is 7.99. The minimum absolute atomic E-state index is 0.528. The van der Waals surface area contributed by atoms with Crippen molar-refractivity contribution in [3.8, 4) is 5.75 Å². The largest absolute Gasteiger partial charge is 0.497 e. The molecule has 0 unspecified atom stereocenters. The molecule has 0 radical (unpaired) electrons. The van der Waals surface area contributed by atoms with Crippen LogP contribution in [0.1, 0.15) is 0 Å². The molecule has 3 rings (SSSR count). The molecule has 0 saturated carbocycles. The maximum Gasteiger partial charge on any atom is 0.153 e. The Labute approximate surface area is 104 Å². The van der Waals surface area contributed by atoms with Gasteiger partial charge in [0.2, 0.25) is 0 Å². The molecule has 0 N–H and O–H groups in total. The molecule has 0 atom stereocenters. The van der Waals surface area contributed by atoms with Gasteiger partial charge in [-0.2, -0.15) is 0 Å². The fourth-order valence-corrected chi connectivity index (χ4v) is 2.51. The van der Waals surface area contributed by atoms with Crippen molar-refractivity contribution < 1.29 is 4.74 Å². The van der Waals surface area contributed by atoms with E-state index < -0.39 is 0 Å². The number of hydrogen-bond acceptors (Lipinski definition) is 2. The van der Waals surface area contributed by atoms with Crippen LogP contribution in [-0.4, -0.2) is 16.7 Å². The fraction of sp³-hybridized carbons (Fsp3) is 0.154. The predicted octanol–water partition coefficient (Wildman–Crippen LogP) is 3.39. The van der Waals surface area contributed by atoms with E-state index in [1.807, 2.05) is 35.9 Å². The van der Waals surface area contributed by atoms with Crippen molar-refractivity contribution in [1.29, 1.82) is 0 Å². The van der Waals surface area contributed by atoms with Crippen LogP contribution in [0.2, 0.25) is 5.15 Å². The molecule has 4 heteroatoms. The highest BCUT2D eigenvalue weighted by Gasteiger charge is 2.11. The zero-order valence-corrected chi connectivity index (χ0v) is 10.3. The second kappa shape index (κ2) is 3.64. The van der Waals surface area contributed by atoms with Crippen molar-refractivity contribution in [3.05, 3.63) is 35.6 Å². The van der Waals surface area contributed by atoms with Crippen molar-refractivity contribution in [2.24, 2.45) is 7.05 Å². The van der Waals surface area contributed by atoms with Crippen LogP contribution in [0.15, 0.2) is 30.5 Å². The normalized spacial score (nSPS) is 11.2. The molecule has 0 aliphatic rings. The zero-order chi connectivity index (χ0) is 12.0. The minimum atomic E-state index is 0.528. The highest BCUT2D eigenvalue weighted by Crippen LogP contribution is 2.33. The number of nitrogens with zero attached hydrogens (tertiary/aromatic N) is 2. The van der Waals surface area contributed by atoms with Gasteiger partial charge in [-0.3, -0.25) is 0 Å². The summed E-state index contributed by atoms with van der Waals surface area (Å²) in [6.07, 6.45) is 1.73. The van der Waals surface area contributed by atoms with Gasteiger partial charge in [0.25, 0.3) is 0 Å². The van der Waals surface area contributed by atoms with Gasteiger partial charge < -0.3 is 9.30 Å². The number of aryl methyl sites for hydroxylation is 1. The predicted molar refractivity (Wildman–Crippen MR) is 69.8 cm³/mol. The van der Waals surface area contributed by atoms with Crippen LogP contribution in [-0.2, 0) is 7.05 Å². The summed E-state index contributed by atoms with van der Waals surface area (Å²) in [5, 5.41) is 2.80. The molecule has 17 heavy (non-hydrogen) atoms. The Balaban J connectivity index is 2.53. The summed E-state index contributed by atoms with van der Waals surface area (Å²) in [7, 11) is 3.65. The second-order valence-corrected chi connectivity index (χ2v) is 4.30. The van der Waals surface area contributed by atoms with Gasteiger partial charge >= 0.3 is 0 Å². The highest BCUT2D eigenvalue weighted by atomic mass is 35.5. The number of hydrogen-bond donors (Lipinski definition) is 0. The van der Waals surface area contributed by atoms with Gasteiger partial charge in [-0.15, -0.1) is 0 Å². The summed E-state index contributed by atoms with van der Waals surface area (Å²) >= 11 is 6.14. The van der Waals surface area contributed by atoms with Crippen LogP contribution in [0, 0.1) is 0 Å². The SMILES string of the molecule is COc1ccc2c3ccnc(Cl)c3n(C)c2c1. The first-order valence-corrected chi connectivity index (χ1v) is 5.67. The van der Waals surface area contributed by atoms with Crippen LogP contribution in [0.3, 0.4) is 0 Å². The van der Waals surface area contributed by atoms with Gasteiger partial charge in [0.15, 0.2) is 5.15 Å². The molecule has 3 aromatic rings. The van der Waals surface area contributed by atoms with Crippen molar-refractivity contribution in [3.63, 3.8) is 0 Å². The topological polar surface area (TPSA) is 27.1 Å². The van der Waals surface area contributed by atoms with Crippen LogP contribution in [0.25, 0.3) is 21.8 Å². The molecule has 86 valence electrons. The number of halogens is 1. The van der Waals surface area contributed by atoms with E-state index in [9.17, 15) is 0 Å². The third-order valence-corrected chi connectivity index (χ3v) is 3.35. The number of pyridine rings is 1. The molecule has 0 spiro atoms. The Kier molecular flexibility index (Phi) is 2.23. The quantitative estimate of drug-likeness (QED) is 0.616.